The van der Waals surface area contributed by atoms with Crippen LogP contribution in [0.1, 0.15) is 39.5 Å². The van der Waals surface area contributed by atoms with E-state index in [4.69, 9.17) is 0 Å². The van der Waals surface area contributed by atoms with Crippen molar-refractivity contribution in [1.29, 1.82) is 0 Å². The Hall–Kier alpha value is -0.130. The van der Waals surface area contributed by atoms with Crippen LogP contribution in [0, 0.1) is 5.92 Å². The van der Waals surface area contributed by atoms with Crippen LogP contribution < -0.4 is 5.32 Å². The molecule has 1 saturated carbocycles. The van der Waals surface area contributed by atoms with Gasteiger partial charge in [0.1, 0.15) is 0 Å². The van der Waals surface area contributed by atoms with Crippen LogP contribution in [-0.4, -0.2) is 56.5 Å². The van der Waals surface area contributed by atoms with Gasteiger partial charge in [0, 0.05) is 19.1 Å². The summed E-state index contributed by atoms with van der Waals surface area (Å²) in [7, 11) is -2.89. The average molecular weight is 288 g/mol. The molecule has 0 aromatic heterocycles. The number of sulfone groups is 1. The molecule has 0 bridgehead atoms. The first kappa shape index (κ1) is 15.3. The fourth-order valence-corrected chi connectivity index (χ4v) is 3.62. The first-order chi connectivity index (χ1) is 8.97. The van der Waals surface area contributed by atoms with E-state index < -0.39 is 9.84 Å². The Morgan fingerprint density at radius 3 is 2.63 bits per heavy atom. The Morgan fingerprint density at radius 2 is 2.00 bits per heavy atom. The second kappa shape index (κ2) is 6.55. The second-order valence-corrected chi connectivity index (χ2v) is 9.08. The fourth-order valence-electron chi connectivity index (χ4n) is 2.63. The van der Waals surface area contributed by atoms with Gasteiger partial charge in [-0.25, -0.2) is 8.42 Å². The van der Waals surface area contributed by atoms with E-state index in [1.165, 1.54) is 25.7 Å². The number of rotatable bonds is 7. The maximum absolute atomic E-state index is 11.8. The number of piperidine rings is 1. The van der Waals surface area contributed by atoms with E-state index in [0.717, 1.165) is 25.7 Å². The first-order valence-electron chi connectivity index (χ1n) is 7.64. The van der Waals surface area contributed by atoms with E-state index in [0.29, 0.717) is 18.2 Å². The van der Waals surface area contributed by atoms with E-state index in [1.54, 1.807) is 13.8 Å². The van der Waals surface area contributed by atoms with Gasteiger partial charge >= 0.3 is 0 Å². The SMILES string of the molecule is CC(C)S(=O)(=O)CCN1CCCC(CNC2CC2)C1. The molecule has 1 aliphatic heterocycles. The van der Waals surface area contributed by atoms with Crippen molar-refractivity contribution in [2.24, 2.45) is 5.92 Å². The third-order valence-corrected chi connectivity index (χ3v) is 6.47. The number of hydrogen-bond acceptors (Lipinski definition) is 4. The van der Waals surface area contributed by atoms with Crippen LogP contribution in [0.15, 0.2) is 0 Å². The largest absolute Gasteiger partial charge is 0.314 e. The second-order valence-electron chi connectivity index (χ2n) is 6.41. The summed E-state index contributed by atoms with van der Waals surface area (Å²) in [6.07, 6.45) is 5.16. The lowest BCUT2D eigenvalue weighted by atomic mass is 9.98. The van der Waals surface area contributed by atoms with E-state index in [1.807, 2.05) is 0 Å². The van der Waals surface area contributed by atoms with Gasteiger partial charge in [-0.05, 0) is 58.5 Å². The number of likely N-dealkylation sites (tertiary alicyclic amines) is 1. The lowest BCUT2D eigenvalue weighted by Gasteiger charge is -2.33. The summed E-state index contributed by atoms with van der Waals surface area (Å²) in [6, 6.07) is 0.775. The van der Waals surface area contributed by atoms with Crippen molar-refractivity contribution < 1.29 is 8.42 Å². The predicted molar refractivity (Wildman–Crippen MR) is 79.1 cm³/mol. The fraction of sp³-hybridized carbons (Fsp3) is 1.00. The lowest BCUT2D eigenvalue weighted by molar-refractivity contribution is 0.180. The monoisotopic (exact) mass is 288 g/mol. The highest BCUT2D eigenvalue weighted by molar-refractivity contribution is 7.92. The van der Waals surface area contributed by atoms with Crippen LogP contribution >= 0.6 is 0 Å². The van der Waals surface area contributed by atoms with Crippen LogP contribution in [-0.2, 0) is 9.84 Å². The van der Waals surface area contributed by atoms with Gasteiger partial charge in [0.25, 0.3) is 0 Å². The number of nitrogens with one attached hydrogen (secondary N) is 1. The van der Waals surface area contributed by atoms with Gasteiger partial charge in [0.05, 0.1) is 11.0 Å². The molecule has 0 amide bonds. The molecule has 5 heteroatoms. The van der Waals surface area contributed by atoms with Crippen molar-refractivity contribution in [1.82, 2.24) is 10.2 Å². The van der Waals surface area contributed by atoms with Gasteiger partial charge in [-0.3, -0.25) is 0 Å². The standard InChI is InChI=1S/C14H28N2O2S/c1-12(2)19(17,18)9-8-16-7-3-4-13(11-16)10-15-14-5-6-14/h12-15H,3-11H2,1-2H3. The molecule has 1 saturated heterocycles. The molecule has 0 spiro atoms. The zero-order valence-electron chi connectivity index (χ0n) is 12.3. The Balaban J connectivity index is 1.71. The topological polar surface area (TPSA) is 49.4 Å². The maximum atomic E-state index is 11.8. The van der Waals surface area contributed by atoms with Crippen LogP contribution in [0.5, 0.6) is 0 Å². The molecule has 0 aromatic rings. The molecular formula is C14H28N2O2S. The summed E-state index contributed by atoms with van der Waals surface area (Å²) < 4.78 is 23.7. The van der Waals surface area contributed by atoms with E-state index in [-0.39, 0.29) is 5.25 Å². The Morgan fingerprint density at radius 1 is 1.26 bits per heavy atom. The maximum Gasteiger partial charge on any atom is 0.153 e. The van der Waals surface area contributed by atoms with Crippen molar-refractivity contribution in [3.63, 3.8) is 0 Å². The number of nitrogens with zero attached hydrogens (tertiary/aromatic N) is 1. The Labute approximate surface area is 117 Å². The minimum Gasteiger partial charge on any atom is -0.314 e. The predicted octanol–water partition coefficient (Wildman–Crippen LogP) is 1.27. The van der Waals surface area contributed by atoms with Crippen LogP contribution in [0.3, 0.4) is 0 Å². The molecule has 2 rings (SSSR count). The highest BCUT2D eigenvalue weighted by atomic mass is 32.2. The minimum absolute atomic E-state index is 0.246. The van der Waals surface area contributed by atoms with Gasteiger partial charge in [-0.15, -0.1) is 0 Å². The minimum atomic E-state index is -2.89. The van der Waals surface area contributed by atoms with Crippen molar-refractivity contribution >= 4 is 9.84 Å². The summed E-state index contributed by atoms with van der Waals surface area (Å²) in [6.45, 7) is 7.49. The summed E-state index contributed by atoms with van der Waals surface area (Å²) in [5.41, 5.74) is 0. The van der Waals surface area contributed by atoms with E-state index in [2.05, 4.69) is 10.2 Å². The molecule has 1 aliphatic carbocycles. The Bertz CT molecular complexity index is 377. The molecule has 0 radical (unpaired) electrons. The molecule has 112 valence electrons. The quantitative estimate of drug-likeness (QED) is 0.766. The average Bonchev–Trinajstić information content (AvgIpc) is 3.18. The molecule has 4 nitrogen and oxygen atoms in total. The molecule has 1 heterocycles. The molecule has 1 atom stereocenters. The van der Waals surface area contributed by atoms with Crippen molar-refractivity contribution in [2.75, 3.05) is 31.9 Å². The highest BCUT2D eigenvalue weighted by Gasteiger charge is 2.25. The summed E-state index contributed by atoms with van der Waals surface area (Å²) in [5.74, 6) is 1.02. The summed E-state index contributed by atoms with van der Waals surface area (Å²) >= 11 is 0. The highest BCUT2D eigenvalue weighted by Crippen LogP contribution is 2.21. The molecule has 2 fully saturated rings. The lowest BCUT2D eigenvalue weighted by Crippen LogP contribution is -2.42. The van der Waals surface area contributed by atoms with Crippen molar-refractivity contribution in [2.45, 2.75) is 50.8 Å². The molecule has 2 aliphatic rings. The summed E-state index contributed by atoms with van der Waals surface area (Å²) in [5, 5.41) is 3.35. The normalized spacial score (nSPS) is 25.9. The third-order valence-electron chi connectivity index (χ3n) is 4.29. The molecule has 19 heavy (non-hydrogen) atoms. The van der Waals surface area contributed by atoms with Gasteiger partial charge in [0.15, 0.2) is 9.84 Å². The number of hydrogen-bond donors (Lipinski definition) is 1. The van der Waals surface area contributed by atoms with Gasteiger partial charge in [0.2, 0.25) is 0 Å². The van der Waals surface area contributed by atoms with Gasteiger partial charge in [-0.2, -0.15) is 0 Å². The molecule has 1 N–H and O–H groups in total. The third kappa shape index (κ3) is 5.04. The molecular weight excluding hydrogens is 260 g/mol. The summed E-state index contributed by atoms with van der Waals surface area (Å²) in [4.78, 5) is 2.34. The van der Waals surface area contributed by atoms with E-state index in [9.17, 15) is 8.42 Å². The zero-order valence-corrected chi connectivity index (χ0v) is 13.1. The van der Waals surface area contributed by atoms with Crippen molar-refractivity contribution in [3.8, 4) is 0 Å². The Kier molecular flexibility index (Phi) is 5.26. The van der Waals surface area contributed by atoms with Crippen LogP contribution in [0.25, 0.3) is 0 Å². The van der Waals surface area contributed by atoms with E-state index >= 15 is 0 Å². The van der Waals surface area contributed by atoms with Gasteiger partial charge < -0.3 is 10.2 Å². The zero-order chi connectivity index (χ0) is 13.9. The van der Waals surface area contributed by atoms with Crippen molar-refractivity contribution in [3.05, 3.63) is 0 Å². The van der Waals surface area contributed by atoms with Gasteiger partial charge in [-0.1, -0.05) is 0 Å². The molecule has 1 unspecified atom stereocenters. The van der Waals surface area contributed by atoms with Crippen LogP contribution in [0.2, 0.25) is 0 Å². The smallest absolute Gasteiger partial charge is 0.153 e. The first-order valence-corrected chi connectivity index (χ1v) is 9.36. The van der Waals surface area contributed by atoms with Crippen LogP contribution in [0.4, 0.5) is 0 Å². The molecule has 0 aromatic carbocycles.